The Morgan fingerprint density at radius 1 is 0.829 bits per heavy atom. The maximum atomic E-state index is 5.89. The van der Waals surface area contributed by atoms with Crippen LogP contribution in [0.3, 0.4) is 0 Å². The molecule has 0 unspecified atom stereocenters. The predicted molar refractivity (Wildman–Crippen MR) is 163 cm³/mol. The summed E-state index contributed by atoms with van der Waals surface area (Å²) in [5.74, 6) is 1.15. The maximum absolute atomic E-state index is 5.89. The van der Waals surface area contributed by atoms with Crippen LogP contribution >= 0.6 is 9.42 Å². The summed E-state index contributed by atoms with van der Waals surface area (Å²) < 4.78 is 7.76. The van der Waals surface area contributed by atoms with E-state index in [9.17, 15) is 0 Å². The summed E-state index contributed by atoms with van der Waals surface area (Å²) in [7, 11) is 4.61. The van der Waals surface area contributed by atoms with E-state index in [1.807, 2.05) is 47.3 Å². The van der Waals surface area contributed by atoms with Crippen LogP contribution in [0.25, 0.3) is 27.9 Å². The summed E-state index contributed by atoms with van der Waals surface area (Å²) in [6.07, 6.45) is 13.0. The Hall–Kier alpha value is -3.20. The van der Waals surface area contributed by atoms with Gasteiger partial charge in [-0.1, -0.05) is 82.0 Å². The van der Waals surface area contributed by atoms with E-state index in [0.717, 1.165) is 11.3 Å². The zero-order chi connectivity index (χ0) is 28.7. The first kappa shape index (κ1) is 29.3. The standard InChI is InChI=1S/C35H34N3O.ClH.Pt/c1-3-5-19-35(20-6-4-2)32-15-8-7-14-30(32)31-18-17-26(22-33(31)35)27-24-37-38(25-27)28-12-11-13-29(23-28)39-34-16-9-10-21-36-34;;/h7-18,21-22,24-25H,3-6,19-20H2,1-2H3;1H;/q-1;;+2/p-1. The minimum absolute atomic E-state index is 0.0782. The second-order valence-corrected chi connectivity index (χ2v) is 10.4. The van der Waals surface area contributed by atoms with Crippen molar-refractivity contribution in [2.75, 3.05) is 0 Å². The van der Waals surface area contributed by atoms with Gasteiger partial charge in [-0.2, -0.15) is 11.2 Å². The molecule has 0 bridgehead atoms. The molecular formula is C35H34ClN3OPt. The zero-order valence-corrected chi connectivity index (χ0v) is 26.5. The van der Waals surface area contributed by atoms with Crippen LogP contribution in [0.15, 0.2) is 97.5 Å². The van der Waals surface area contributed by atoms with Crippen molar-refractivity contribution < 1.29 is 23.5 Å². The monoisotopic (exact) mass is 742 g/mol. The first-order valence-electron chi connectivity index (χ1n) is 14.2. The number of unbranched alkanes of at least 4 members (excludes halogenated alkanes) is 2. The molecule has 0 saturated carbocycles. The topological polar surface area (TPSA) is 39.9 Å². The number of hydrogen-bond donors (Lipinski definition) is 0. The minimum atomic E-state index is 0.0782. The van der Waals surface area contributed by atoms with Crippen molar-refractivity contribution >= 4 is 9.42 Å². The van der Waals surface area contributed by atoms with Crippen LogP contribution in [0.2, 0.25) is 0 Å². The van der Waals surface area contributed by atoms with Gasteiger partial charge in [-0.3, -0.25) is 4.68 Å². The molecule has 2 heterocycles. The average molecular weight is 743 g/mol. The van der Waals surface area contributed by atoms with E-state index in [-0.39, 0.29) is 5.41 Å². The van der Waals surface area contributed by atoms with Gasteiger partial charge in [0.25, 0.3) is 0 Å². The number of ether oxygens (including phenoxy) is 1. The summed E-state index contributed by atoms with van der Waals surface area (Å²) in [5.41, 5.74) is 8.98. The van der Waals surface area contributed by atoms with Gasteiger partial charge in [-0.05, 0) is 58.5 Å². The second kappa shape index (κ2) is 13.6. The van der Waals surface area contributed by atoms with Gasteiger partial charge in [-0.15, -0.1) is 18.2 Å². The van der Waals surface area contributed by atoms with Gasteiger partial charge in [0.2, 0.25) is 5.88 Å². The first-order chi connectivity index (χ1) is 20.2. The second-order valence-electron chi connectivity index (χ2n) is 10.4. The number of pyridine rings is 1. The normalized spacial score (nSPS) is 12.7. The summed E-state index contributed by atoms with van der Waals surface area (Å²) in [4.78, 5) is 4.25. The molecule has 0 aliphatic heterocycles. The van der Waals surface area contributed by atoms with E-state index in [4.69, 9.17) is 9.84 Å². The quantitative estimate of drug-likeness (QED) is 0.134. The first-order valence-corrected chi connectivity index (χ1v) is 17.1. The summed E-state index contributed by atoms with van der Waals surface area (Å²) in [5, 5.41) is 4.69. The molecule has 6 heteroatoms. The molecule has 4 nitrogen and oxygen atoms in total. The Morgan fingerprint density at radius 2 is 1.59 bits per heavy atom. The average Bonchev–Trinajstić information content (AvgIpc) is 3.63. The van der Waals surface area contributed by atoms with Crippen LogP contribution in [0, 0.1) is 6.07 Å². The van der Waals surface area contributed by atoms with Crippen LogP contribution in [0.1, 0.15) is 63.5 Å². The van der Waals surface area contributed by atoms with E-state index in [0.29, 0.717) is 11.6 Å². The number of rotatable bonds is 10. The van der Waals surface area contributed by atoms with E-state index < -0.39 is 0 Å². The molecular weight excluding hydrogens is 709 g/mol. The Labute approximate surface area is 258 Å². The molecule has 41 heavy (non-hydrogen) atoms. The van der Waals surface area contributed by atoms with Gasteiger partial charge in [0, 0.05) is 35.2 Å². The summed E-state index contributed by atoms with van der Waals surface area (Å²) in [6.45, 7) is 4.60. The van der Waals surface area contributed by atoms with Gasteiger partial charge >= 0.3 is 28.2 Å². The fourth-order valence-electron chi connectivity index (χ4n) is 6.01. The molecule has 0 radical (unpaired) electrons. The van der Waals surface area contributed by atoms with Gasteiger partial charge in [-0.25, -0.2) is 4.98 Å². The molecule has 212 valence electrons. The number of halogens is 1. The van der Waals surface area contributed by atoms with Crippen LogP contribution in [0.5, 0.6) is 11.6 Å². The number of nitrogens with zero attached hydrogens (tertiary/aromatic N) is 3. The fraction of sp³-hybridized carbons (Fsp3) is 0.257. The molecule has 0 N–H and O–H groups in total. The molecule has 0 amide bonds. The molecule has 1 aliphatic carbocycles. The Morgan fingerprint density at radius 3 is 2.34 bits per heavy atom. The van der Waals surface area contributed by atoms with Crippen LogP contribution in [-0.2, 0) is 24.2 Å². The Balaban J connectivity index is 0.00000165. The SMILES string of the molecule is CCCCC1(CCCC)c2ccccc2-c2ccc(-c3cnn(-c4[c-]c(Oc5ccccn5)ccc4)c3)cc21.[Cl][Pt+]. The van der Waals surface area contributed by atoms with E-state index in [2.05, 4.69) is 83.0 Å². The van der Waals surface area contributed by atoms with Crippen LogP contribution < -0.4 is 4.74 Å². The van der Waals surface area contributed by atoms with E-state index in [1.54, 1.807) is 25.0 Å². The van der Waals surface area contributed by atoms with Gasteiger partial charge in [0.1, 0.15) is 0 Å². The summed E-state index contributed by atoms with van der Waals surface area (Å²) in [6, 6.07) is 30.8. The molecule has 5 aromatic rings. The Bertz CT molecular complexity index is 1580. The molecule has 0 saturated heterocycles. The molecule has 3 aromatic carbocycles. The van der Waals surface area contributed by atoms with Crippen LogP contribution in [0.4, 0.5) is 0 Å². The Kier molecular flexibility index (Phi) is 9.75. The van der Waals surface area contributed by atoms with Crippen molar-refractivity contribution in [2.45, 2.75) is 57.8 Å². The van der Waals surface area contributed by atoms with E-state index in [1.165, 1.54) is 66.3 Å². The number of hydrogen-bond acceptors (Lipinski definition) is 3. The van der Waals surface area contributed by atoms with E-state index >= 15 is 0 Å². The summed E-state index contributed by atoms with van der Waals surface area (Å²) >= 11 is 1.61. The van der Waals surface area contributed by atoms with Crippen molar-refractivity contribution in [1.82, 2.24) is 14.8 Å². The molecule has 0 fully saturated rings. The number of fused-ring (bicyclic) bond motifs is 3. The molecule has 1 aliphatic rings. The van der Waals surface area contributed by atoms with Gasteiger partial charge in [0.15, 0.2) is 0 Å². The van der Waals surface area contributed by atoms with Crippen molar-refractivity contribution in [2.24, 2.45) is 0 Å². The third-order valence-electron chi connectivity index (χ3n) is 7.95. The molecule has 0 spiro atoms. The van der Waals surface area contributed by atoms with Gasteiger partial charge < -0.3 is 4.74 Å². The van der Waals surface area contributed by atoms with Crippen LogP contribution in [-0.4, -0.2) is 14.8 Å². The predicted octanol–water partition coefficient (Wildman–Crippen LogP) is 9.86. The number of benzene rings is 3. The molecule has 0 atom stereocenters. The van der Waals surface area contributed by atoms with Gasteiger partial charge in [0.05, 0.1) is 6.20 Å². The fourth-order valence-corrected chi connectivity index (χ4v) is 6.01. The third kappa shape index (κ3) is 6.05. The third-order valence-corrected chi connectivity index (χ3v) is 7.95. The number of aromatic nitrogens is 3. The van der Waals surface area contributed by atoms with Crippen molar-refractivity contribution in [1.29, 1.82) is 0 Å². The molecule has 2 aromatic heterocycles. The molecule has 6 rings (SSSR count). The van der Waals surface area contributed by atoms with Crippen molar-refractivity contribution in [3.05, 3.63) is 115 Å². The zero-order valence-electron chi connectivity index (χ0n) is 23.4. The van der Waals surface area contributed by atoms with Crippen molar-refractivity contribution in [3.8, 4) is 39.6 Å². The van der Waals surface area contributed by atoms with Crippen molar-refractivity contribution in [3.63, 3.8) is 0 Å².